The third-order valence-electron chi connectivity index (χ3n) is 3.57. The van der Waals surface area contributed by atoms with E-state index in [0.717, 1.165) is 16.0 Å². The Kier molecular flexibility index (Phi) is 3.78. The van der Waals surface area contributed by atoms with Crippen LogP contribution >= 0.6 is 23.1 Å². The van der Waals surface area contributed by atoms with Gasteiger partial charge in [-0.1, -0.05) is 29.2 Å². The highest BCUT2D eigenvalue weighted by Crippen LogP contribution is 2.38. The van der Waals surface area contributed by atoms with Crippen LogP contribution in [0.3, 0.4) is 0 Å². The van der Waals surface area contributed by atoms with Gasteiger partial charge in [0.05, 0.1) is 16.0 Å². The van der Waals surface area contributed by atoms with Gasteiger partial charge in [0, 0.05) is 5.92 Å². The quantitative estimate of drug-likeness (QED) is 0.693. The maximum Gasteiger partial charge on any atom is 0.236 e. The number of aryl methyl sites for hydroxylation is 1. The summed E-state index contributed by atoms with van der Waals surface area (Å²) in [6.45, 7) is 2.04. The molecule has 1 aliphatic carbocycles. The van der Waals surface area contributed by atoms with Crippen molar-refractivity contribution in [2.24, 2.45) is 0 Å². The molecular weight excluding hydrogens is 330 g/mol. The van der Waals surface area contributed by atoms with E-state index in [9.17, 15) is 4.79 Å². The summed E-state index contributed by atoms with van der Waals surface area (Å²) in [4.78, 5) is 20.9. The number of hydrogen-bond acceptors (Lipinski definition) is 6. The first kappa shape index (κ1) is 14.6. The van der Waals surface area contributed by atoms with Crippen molar-refractivity contribution in [1.82, 2.24) is 20.2 Å². The Morgan fingerprint density at radius 2 is 2.30 bits per heavy atom. The number of H-pyrrole nitrogens is 1. The monoisotopic (exact) mass is 345 g/mol. The molecule has 2 aromatic heterocycles. The van der Waals surface area contributed by atoms with Gasteiger partial charge in [0.15, 0.2) is 5.13 Å². The summed E-state index contributed by atoms with van der Waals surface area (Å²) in [7, 11) is 0. The third-order valence-corrected chi connectivity index (χ3v) is 5.35. The Morgan fingerprint density at radius 1 is 1.43 bits per heavy atom. The van der Waals surface area contributed by atoms with Crippen LogP contribution in [0, 0.1) is 6.92 Å². The minimum absolute atomic E-state index is 0.0939. The lowest BCUT2D eigenvalue weighted by Gasteiger charge is -1.98. The Balaban J connectivity index is 1.36. The number of thioether (sulfide) groups is 1. The number of amides is 1. The molecule has 1 amide bonds. The van der Waals surface area contributed by atoms with E-state index in [1.165, 1.54) is 41.5 Å². The van der Waals surface area contributed by atoms with Gasteiger partial charge in [-0.15, -0.1) is 5.10 Å². The SMILES string of the molecule is Cc1ccc2nc(NC(=O)CSc3n[nH]c(C4CC4)n3)sc2c1. The molecule has 8 heteroatoms. The normalized spacial score (nSPS) is 14.3. The Labute approximate surface area is 141 Å². The molecule has 0 bridgehead atoms. The van der Waals surface area contributed by atoms with Gasteiger partial charge in [0.1, 0.15) is 5.82 Å². The summed E-state index contributed by atoms with van der Waals surface area (Å²) in [5.41, 5.74) is 2.09. The van der Waals surface area contributed by atoms with Crippen LogP contribution in [0.4, 0.5) is 5.13 Å². The van der Waals surface area contributed by atoms with Crippen molar-refractivity contribution in [2.45, 2.75) is 30.8 Å². The van der Waals surface area contributed by atoms with Crippen LogP contribution in [0.15, 0.2) is 23.4 Å². The molecule has 0 spiro atoms. The largest absolute Gasteiger partial charge is 0.301 e. The molecule has 0 radical (unpaired) electrons. The Morgan fingerprint density at radius 3 is 3.13 bits per heavy atom. The summed E-state index contributed by atoms with van der Waals surface area (Å²) in [6, 6.07) is 6.06. The summed E-state index contributed by atoms with van der Waals surface area (Å²) < 4.78 is 1.08. The van der Waals surface area contributed by atoms with Crippen molar-refractivity contribution < 1.29 is 4.79 Å². The molecule has 1 fully saturated rings. The molecule has 4 rings (SSSR count). The van der Waals surface area contributed by atoms with Crippen molar-refractivity contribution in [3.8, 4) is 0 Å². The van der Waals surface area contributed by atoms with Crippen molar-refractivity contribution in [3.05, 3.63) is 29.6 Å². The molecule has 23 heavy (non-hydrogen) atoms. The molecule has 1 aliphatic rings. The van der Waals surface area contributed by atoms with E-state index in [1.54, 1.807) is 0 Å². The topological polar surface area (TPSA) is 83.6 Å². The molecule has 0 unspecified atom stereocenters. The first-order chi connectivity index (χ1) is 11.2. The number of hydrogen-bond donors (Lipinski definition) is 2. The Bertz CT molecular complexity index is 868. The van der Waals surface area contributed by atoms with Gasteiger partial charge >= 0.3 is 0 Å². The molecule has 2 heterocycles. The molecular formula is C15H15N5OS2. The van der Waals surface area contributed by atoms with Crippen molar-refractivity contribution in [1.29, 1.82) is 0 Å². The average Bonchev–Trinajstić information content (AvgIpc) is 3.13. The number of thiazole rings is 1. The highest BCUT2D eigenvalue weighted by molar-refractivity contribution is 7.99. The van der Waals surface area contributed by atoms with E-state index in [4.69, 9.17) is 0 Å². The second kappa shape index (κ2) is 5.93. The van der Waals surface area contributed by atoms with Crippen LogP contribution in [0.25, 0.3) is 10.2 Å². The van der Waals surface area contributed by atoms with Crippen LogP contribution in [0.5, 0.6) is 0 Å². The lowest BCUT2D eigenvalue weighted by molar-refractivity contribution is -0.113. The molecule has 0 atom stereocenters. The smallest absolute Gasteiger partial charge is 0.236 e. The second-order valence-corrected chi connectivity index (χ2v) is 7.58. The van der Waals surface area contributed by atoms with Gasteiger partial charge in [-0.2, -0.15) is 0 Å². The predicted octanol–water partition coefficient (Wildman–Crippen LogP) is 3.33. The summed E-state index contributed by atoms with van der Waals surface area (Å²) >= 11 is 2.82. The molecule has 3 aromatic rings. The van der Waals surface area contributed by atoms with Crippen LogP contribution < -0.4 is 5.32 Å². The molecule has 1 saturated carbocycles. The van der Waals surface area contributed by atoms with E-state index in [2.05, 4.69) is 31.5 Å². The second-order valence-electron chi connectivity index (χ2n) is 5.60. The number of nitrogens with zero attached hydrogens (tertiary/aromatic N) is 3. The van der Waals surface area contributed by atoms with Gasteiger partial charge in [-0.05, 0) is 37.5 Å². The molecule has 1 aromatic carbocycles. The lowest BCUT2D eigenvalue weighted by atomic mass is 10.2. The number of carbonyl (C=O) groups is 1. The molecule has 118 valence electrons. The fourth-order valence-corrected chi connectivity index (χ4v) is 3.82. The first-order valence-electron chi connectivity index (χ1n) is 7.39. The fraction of sp³-hybridized carbons (Fsp3) is 0.333. The molecule has 6 nitrogen and oxygen atoms in total. The zero-order chi connectivity index (χ0) is 15.8. The van der Waals surface area contributed by atoms with Crippen molar-refractivity contribution in [2.75, 3.05) is 11.1 Å². The number of rotatable bonds is 5. The number of fused-ring (bicyclic) bond motifs is 1. The maximum atomic E-state index is 12.1. The minimum atomic E-state index is -0.0939. The Hall–Kier alpha value is -1.93. The van der Waals surface area contributed by atoms with E-state index < -0.39 is 0 Å². The zero-order valence-corrected chi connectivity index (χ0v) is 14.1. The van der Waals surface area contributed by atoms with E-state index in [0.29, 0.717) is 16.2 Å². The first-order valence-corrected chi connectivity index (χ1v) is 9.20. The number of carbonyl (C=O) groups excluding carboxylic acids is 1. The van der Waals surface area contributed by atoms with Crippen LogP contribution in [0.2, 0.25) is 0 Å². The van der Waals surface area contributed by atoms with Gasteiger partial charge in [-0.3, -0.25) is 9.89 Å². The maximum absolute atomic E-state index is 12.1. The number of anilines is 1. The standard InChI is InChI=1S/C15H15N5OS2/c1-8-2-5-10-11(6-8)23-14(16-10)17-12(21)7-22-15-18-13(19-20-15)9-3-4-9/h2,5-6,9H,3-4,7H2,1H3,(H,16,17,21)(H,18,19,20). The summed E-state index contributed by atoms with van der Waals surface area (Å²) in [5.74, 6) is 1.66. The average molecular weight is 345 g/mol. The minimum Gasteiger partial charge on any atom is -0.301 e. The fourth-order valence-electron chi connectivity index (χ4n) is 2.23. The lowest BCUT2D eigenvalue weighted by Crippen LogP contribution is -2.13. The highest BCUT2D eigenvalue weighted by Gasteiger charge is 2.27. The number of benzene rings is 1. The van der Waals surface area contributed by atoms with Gasteiger partial charge < -0.3 is 5.32 Å². The summed E-state index contributed by atoms with van der Waals surface area (Å²) in [5, 5.41) is 11.2. The molecule has 0 aliphatic heterocycles. The van der Waals surface area contributed by atoms with E-state index >= 15 is 0 Å². The zero-order valence-electron chi connectivity index (χ0n) is 12.5. The van der Waals surface area contributed by atoms with Gasteiger partial charge in [0.2, 0.25) is 11.1 Å². The number of nitrogens with one attached hydrogen (secondary N) is 2. The van der Waals surface area contributed by atoms with Crippen molar-refractivity contribution >= 4 is 44.4 Å². The van der Waals surface area contributed by atoms with Crippen LogP contribution in [0.1, 0.15) is 30.1 Å². The van der Waals surface area contributed by atoms with Crippen LogP contribution in [-0.4, -0.2) is 31.8 Å². The van der Waals surface area contributed by atoms with Gasteiger partial charge in [0.25, 0.3) is 0 Å². The van der Waals surface area contributed by atoms with Gasteiger partial charge in [-0.25, -0.2) is 9.97 Å². The molecule has 0 saturated heterocycles. The predicted molar refractivity (Wildman–Crippen MR) is 92.1 cm³/mol. The summed E-state index contributed by atoms with van der Waals surface area (Å²) in [6.07, 6.45) is 2.35. The van der Waals surface area contributed by atoms with Crippen molar-refractivity contribution in [3.63, 3.8) is 0 Å². The molecule has 2 N–H and O–H groups in total. The van der Waals surface area contributed by atoms with E-state index in [-0.39, 0.29) is 11.7 Å². The third kappa shape index (κ3) is 3.37. The van der Waals surface area contributed by atoms with E-state index in [1.807, 2.05) is 19.1 Å². The van der Waals surface area contributed by atoms with Crippen LogP contribution in [-0.2, 0) is 4.79 Å². The number of aromatic nitrogens is 4. The highest BCUT2D eigenvalue weighted by atomic mass is 32.2. The number of aromatic amines is 1.